The van der Waals surface area contributed by atoms with Gasteiger partial charge in [-0.25, -0.2) is 4.57 Å². The predicted molar refractivity (Wildman–Crippen MR) is 82.0 cm³/mol. The fourth-order valence-electron chi connectivity index (χ4n) is 1.85. The predicted octanol–water partition coefficient (Wildman–Crippen LogP) is 3.99. The van der Waals surface area contributed by atoms with Crippen molar-refractivity contribution in [3.8, 4) is 17.2 Å². The van der Waals surface area contributed by atoms with Gasteiger partial charge in [-0.05, 0) is 55.3 Å². The Kier molecular flexibility index (Phi) is 4.52. The first kappa shape index (κ1) is 15.8. The number of aromatic hydroxyl groups is 2. The van der Waals surface area contributed by atoms with E-state index in [1.165, 1.54) is 18.2 Å². The first-order valence-corrected chi connectivity index (χ1v) is 9.07. The third-order valence-corrected chi connectivity index (χ3v) is 5.18. The van der Waals surface area contributed by atoms with Crippen LogP contribution in [0.2, 0.25) is 0 Å². The number of aryl methyl sites for hydroxylation is 2. The molecule has 1 unspecified atom stereocenters. The lowest BCUT2D eigenvalue weighted by Crippen LogP contribution is -1.89. The van der Waals surface area contributed by atoms with Crippen molar-refractivity contribution in [1.29, 1.82) is 0 Å². The minimum Gasteiger partial charge on any atom is -0.508 e. The molecule has 2 aromatic carbocycles. The fourth-order valence-corrected chi connectivity index (χ4v) is 4.42. The molecule has 0 fully saturated rings. The highest BCUT2D eigenvalue weighted by molar-refractivity contribution is 8.54. The fraction of sp³-hybridized carbons (Fsp3) is 0.143. The highest BCUT2D eigenvalue weighted by Gasteiger charge is 2.24. The van der Waals surface area contributed by atoms with E-state index in [-0.39, 0.29) is 17.2 Å². The van der Waals surface area contributed by atoms with E-state index in [4.69, 9.17) is 4.52 Å². The Morgan fingerprint density at radius 3 is 2.10 bits per heavy atom. The highest BCUT2D eigenvalue weighted by Crippen LogP contribution is 2.59. The number of benzene rings is 2. The van der Waals surface area contributed by atoms with Crippen LogP contribution in [0.5, 0.6) is 17.2 Å². The molecule has 2 aromatic rings. The maximum Gasteiger partial charge on any atom is 0.442 e. The van der Waals surface area contributed by atoms with Gasteiger partial charge >= 0.3 is 6.80 Å². The van der Waals surface area contributed by atoms with Gasteiger partial charge in [-0.2, -0.15) is 0 Å². The zero-order chi connectivity index (χ0) is 15.6. The molecule has 21 heavy (non-hydrogen) atoms. The van der Waals surface area contributed by atoms with E-state index in [2.05, 4.69) is 0 Å². The van der Waals surface area contributed by atoms with Crippen molar-refractivity contribution in [2.75, 3.05) is 0 Å². The third kappa shape index (κ3) is 4.70. The van der Waals surface area contributed by atoms with Crippen molar-refractivity contribution in [1.82, 2.24) is 0 Å². The van der Waals surface area contributed by atoms with Gasteiger partial charge in [0.1, 0.15) is 17.2 Å². The van der Waals surface area contributed by atoms with Gasteiger partial charge in [-0.3, -0.25) is 0 Å². The average molecular weight is 326 g/mol. The molecule has 0 saturated heterocycles. The lowest BCUT2D eigenvalue weighted by atomic mass is 10.2. The lowest BCUT2D eigenvalue weighted by Gasteiger charge is -2.13. The summed E-state index contributed by atoms with van der Waals surface area (Å²) >= 11 is 0.628. The van der Waals surface area contributed by atoms with Gasteiger partial charge in [0, 0.05) is 22.3 Å². The Bertz CT molecular complexity index is 619. The molecule has 2 rings (SSSR count). The Morgan fingerprint density at radius 2 is 1.52 bits per heavy atom. The van der Waals surface area contributed by atoms with Crippen LogP contribution < -0.4 is 4.52 Å². The van der Waals surface area contributed by atoms with E-state index >= 15 is 0 Å². The Balaban J connectivity index is 2.20. The first-order valence-electron chi connectivity index (χ1n) is 6.07. The van der Waals surface area contributed by atoms with Gasteiger partial charge < -0.3 is 19.6 Å². The SMILES string of the molecule is Cc1cc(O)cc(OP(=O)(O)Sc2cc(C)cc(O)c2)c1. The van der Waals surface area contributed by atoms with Crippen LogP contribution in [0.4, 0.5) is 0 Å². The molecule has 0 saturated carbocycles. The molecule has 0 amide bonds. The topological polar surface area (TPSA) is 87.0 Å². The van der Waals surface area contributed by atoms with Crippen LogP contribution in [-0.4, -0.2) is 15.1 Å². The highest BCUT2D eigenvalue weighted by atomic mass is 32.7. The van der Waals surface area contributed by atoms with Crippen LogP contribution in [0, 0.1) is 13.8 Å². The molecule has 0 aromatic heterocycles. The van der Waals surface area contributed by atoms with Gasteiger partial charge in [0.25, 0.3) is 0 Å². The molecule has 1 atom stereocenters. The minimum absolute atomic E-state index is 0.0192. The van der Waals surface area contributed by atoms with E-state index in [0.717, 1.165) is 5.56 Å². The van der Waals surface area contributed by atoms with Gasteiger partial charge in [-0.15, -0.1) is 0 Å². The second-order valence-electron chi connectivity index (χ2n) is 4.66. The molecule has 0 aliphatic rings. The lowest BCUT2D eigenvalue weighted by molar-refractivity contribution is 0.400. The summed E-state index contributed by atoms with van der Waals surface area (Å²) in [5, 5.41) is 19.0. The molecule has 0 heterocycles. The second-order valence-corrected chi connectivity index (χ2v) is 8.37. The molecule has 112 valence electrons. The normalized spacial score (nSPS) is 13.7. The summed E-state index contributed by atoms with van der Waals surface area (Å²) in [4.78, 5) is 10.3. The van der Waals surface area contributed by atoms with Crippen LogP contribution >= 0.6 is 18.2 Å². The maximum atomic E-state index is 12.1. The van der Waals surface area contributed by atoms with Crippen molar-refractivity contribution < 1.29 is 24.2 Å². The summed E-state index contributed by atoms with van der Waals surface area (Å²) in [6, 6.07) is 8.94. The molecule has 3 N–H and O–H groups in total. The molecular formula is C14H15O5PS. The standard InChI is InChI=1S/C14H15O5PS/c1-9-3-11(15)7-13(5-9)19-20(17,18)21-14-6-10(2)4-12(16)8-14/h3-8,15-16H,1-2H3,(H,17,18). The van der Waals surface area contributed by atoms with Crippen molar-refractivity contribution in [2.24, 2.45) is 0 Å². The number of hydrogen-bond donors (Lipinski definition) is 3. The smallest absolute Gasteiger partial charge is 0.442 e. The summed E-state index contributed by atoms with van der Waals surface area (Å²) in [7, 11) is 0. The molecule has 0 spiro atoms. The largest absolute Gasteiger partial charge is 0.508 e. The van der Waals surface area contributed by atoms with Gasteiger partial charge in [-0.1, -0.05) is 0 Å². The van der Waals surface area contributed by atoms with E-state index < -0.39 is 6.80 Å². The Labute approximate surface area is 126 Å². The van der Waals surface area contributed by atoms with Gasteiger partial charge in [0.2, 0.25) is 0 Å². The van der Waals surface area contributed by atoms with Crippen molar-refractivity contribution in [3.63, 3.8) is 0 Å². The summed E-state index contributed by atoms with van der Waals surface area (Å²) in [6.07, 6.45) is 0. The monoisotopic (exact) mass is 326 g/mol. The maximum absolute atomic E-state index is 12.1. The summed E-state index contributed by atoms with van der Waals surface area (Å²) in [6.45, 7) is -0.515. The summed E-state index contributed by atoms with van der Waals surface area (Å²) in [5.74, 6) is 0.0941. The molecular weight excluding hydrogens is 311 g/mol. The van der Waals surface area contributed by atoms with Crippen LogP contribution in [0.1, 0.15) is 11.1 Å². The summed E-state index contributed by atoms with van der Waals surface area (Å²) < 4.78 is 17.2. The van der Waals surface area contributed by atoms with Crippen molar-refractivity contribution in [3.05, 3.63) is 47.5 Å². The third-order valence-electron chi connectivity index (χ3n) is 2.51. The molecule has 7 heteroatoms. The van der Waals surface area contributed by atoms with Crippen LogP contribution in [0.25, 0.3) is 0 Å². The average Bonchev–Trinajstić information content (AvgIpc) is 2.23. The molecule has 5 nitrogen and oxygen atoms in total. The number of phenols is 2. The van der Waals surface area contributed by atoms with Crippen LogP contribution in [0.3, 0.4) is 0 Å². The molecule has 0 aliphatic heterocycles. The van der Waals surface area contributed by atoms with Crippen molar-refractivity contribution in [2.45, 2.75) is 18.7 Å². The van der Waals surface area contributed by atoms with Crippen LogP contribution in [-0.2, 0) is 4.57 Å². The second kappa shape index (κ2) is 6.02. The van der Waals surface area contributed by atoms with E-state index in [0.29, 0.717) is 21.8 Å². The van der Waals surface area contributed by atoms with Crippen LogP contribution in [0.15, 0.2) is 41.3 Å². The Hall–Kier alpha value is -1.62. The number of hydrogen-bond acceptors (Lipinski definition) is 5. The van der Waals surface area contributed by atoms with E-state index in [9.17, 15) is 19.7 Å². The van der Waals surface area contributed by atoms with E-state index in [1.54, 1.807) is 32.0 Å². The zero-order valence-electron chi connectivity index (χ0n) is 11.5. The quantitative estimate of drug-likeness (QED) is 0.737. The summed E-state index contributed by atoms with van der Waals surface area (Å²) in [5.41, 5.74) is 1.48. The van der Waals surface area contributed by atoms with E-state index in [1.807, 2.05) is 0 Å². The number of phenolic OH excluding ortho intramolecular Hbond substituents is 2. The van der Waals surface area contributed by atoms with Gasteiger partial charge in [0.05, 0.1) is 0 Å². The first-order chi connectivity index (χ1) is 9.73. The molecule has 0 aliphatic carbocycles. The number of rotatable bonds is 4. The Morgan fingerprint density at radius 1 is 0.952 bits per heavy atom. The molecule has 0 radical (unpaired) electrons. The van der Waals surface area contributed by atoms with Gasteiger partial charge in [0.15, 0.2) is 0 Å². The zero-order valence-corrected chi connectivity index (χ0v) is 13.2. The minimum atomic E-state index is -4.02. The van der Waals surface area contributed by atoms with Crippen molar-refractivity contribution >= 4 is 18.2 Å². The molecule has 0 bridgehead atoms.